The number of ether oxygens (including phenoxy) is 3. The molecule has 0 aromatic carbocycles. The van der Waals surface area contributed by atoms with Crippen molar-refractivity contribution in [1.29, 1.82) is 0 Å². The first-order valence-corrected chi connectivity index (χ1v) is 20.6. The van der Waals surface area contributed by atoms with Crippen LogP contribution in [0.5, 0.6) is 0 Å². The van der Waals surface area contributed by atoms with Gasteiger partial charge < -0.3 is 44.8 Å². The number of aromatic nitrogens is 5. The molecule has 5 rings (SSSR count). The number of carbonyl (C=O) groups is 5. The van der Waals surface area contributed by atoms with Crippen LogP contribution in [-0.2, 0) is 30.3 Å². The van der Waals surface area contributed by atoms with Gasteiger partial charge in [-0.2, -0.15) is 0 Å². The number of aliphatic carboxylic acids is 1. The molecule has 5 N–H and O–H groups in total. The number of nitrogens with one attached hydrogen (secondary N) is 1. The standard InChI is InChI=1S/C17H23Br2N3O5.C16H20Br2N4O3.C2H4O2.CH4.H3N/c1-9-6-21(16(25)27-17(2,3)4)7-10(9)11(23)8-22-12(14(24)26-5)13(18)20-15(22)19;1-8-5-21(15(24)25-16(2,3)4)6-9(8)10-7-22-11(13(23)19-10)12(17)20-14(22)18;1-2(3)4;;/h9-10H,6-8H2,1-5H3;7-9H,5-6H2,1-4H3,(H,19,23);1H3,(H,3,4);1H4;1H3/t9-,10-;8-,9-;;;/m01.../s1. The minimum Gasteiger partial charge on any atom is -0.481 e. The molecule has 0 spiro atoms. The van der Waals surface area contributed by atoms with Crippen LogP contribution in [0.3, 0.4) is 0 Å². The van der Waals surface area contributed by atoms with Crippen LogP contribution >= 0.6 is 63.7 Å². The van der Waals surface area contributed by atoms with E-state index in [2.05, 4.69) is 85.6 Å². The largest absolute Gasteiger partial charge is 0.481 e. The number of methoxy groups -OCH3 is 1. The monoisotopic (exact) mass is 1070 g/mol. The number of carbonyl (C=O) groups excluding carboxylic acids is 4. The van der Waals surface area contributed by atoms with E-state index in [1.54, 1.807) is 35.0 Å². The number of fused-ring (bicyclic) bond motifs is 1. The predicted octanol–water partition coefficient (Wildman–Crippen LogP) is 7.67. The van der Waals surface area contributed by atoms with Crippen LogP contribution in [0, 0.1) is 17.8 Å². The molecule has 4 atom stereocenters. The van der Waals surface area contributed by atoms with E-state index in [1.807, 2.05) is 33.9 Å². The van der Waals surface area contributed by atoms with Gasteiger partial charge in [-0.05, 0) is 117 Å². The third kappa shape index (κ3) is 13.9. The van der Waals surface area contributed by atoms with Crippen molar-refractivity contribution in [3.8, 4) is 0 Å². The highest BCUT2D eigenvalue weighted by Crippen LogP contribution is 2.33. The number of hydrogen-bond acceptors (Lipinski definition) is 12. The quantitative estimate of drug-likeness (QED) is 0.164. The topological polar surface area (TPSA) is 243 Å². The fourth-order valence-electron chi connectivity index (χ4n) is 6.07. The summed E-state index contributed by atoms with van der Waals surface area (Å²) >= 11 is 13.1. The van der Waals surface area contributed by atoms with Crippen LogP contribution in [-0.4, -0.2) is 113 Å². The van der Waals surface area contributed by atoms with Crippen molar-refractivity contribution < 1.29 is 43.3 Å². The van der Waals surface area contributed by atoms with Crippen LogP contribution in [0.25, 0.3) is 5.52 Å². The van der Waals surface area contributed by atoms with E-state index >= 15 is 0 Å². The summed E-state index contributed by atoms with van der Waals surface area (Å²) in [7, 11) is 1.26. The molecule has 326 valence electrons. The molecule has 0 aliphatic carbocycles. The third-order valence-corrected chi connectivity index (χ3v) is 10.7. The number of aromatic amines is 1. The summed E-state index contributed by atoms with van der Waals surface area (Å²) in [5.74, 6) is -1.66. The Balaban J connectivity index is 0.000000515. The van der Waals surface area contributed by atoms with Gasteiger partial charge in [0.05, 0.1) is 13.7 Å². The molecule has 3 aromatic heterocycles. The Labute approximate surface area is 371 Å². The Morgan fingerprint density at radius 3 is 1.83 bits per heavy atom. The molecule has 18 nitrogen and oxygen atoms in total. The Morgan fingerprint density at radius 2 is 1.33 bits per heavy atom. The number of halogens is 4. The van der Waals surface area contributed by atoms with Gasteiger partial charge in [-0.3, -0.25) is 18.8 Å². The van der Waals surface area contributed by atoms with Gasteiger partial charge in [0.2, 0.25) is 0 Å². The summed E-state index contributed by atoms with van der Waals surface area (Å²) in [5.41, 5.74) is 0.0514. The molecule has 2 fully saturated rings. The number of imidazole rings is 2. The normalized spacial score (nSPS) is 18.8. The number of esters is 1. The summed E-state index contributed by atoms with van der Waals surface area (Å²) in [6, 6.07) is 0. The van der Waals surface area contributed by atoms with Gasteiger partial charge in [0, 0.05) is 56.8 Å². The highest BCUT2D eigenvalue weighted by molar-refractivity contribution is 9.11. The van der Waals surface area contributed by atoms with Crippen molar-refractivity contribution in [2.45, 2.75) is 93.4 Å². The lowest BCUT2D eigenvalue weighted by Crippen LogP contribution is -2.36. The maximum Gasteiger partial charge on any atom is 0.410 e. The number of nitrogens with zero attached hydrogens (tertiary/aromatic N) is 6. The molecule has 5 heterocycles. The molecular weight excluding hydrogens is 1020 g/mol. The number of carboxylic acids is 1. The Bertz CT molecular complexity index is 2020. The van der Waals surface area contributed by atoms with Gasteiger partial charge in [0.1, 0.15) is 25.9 Å². The number of ketones is 1. The molecular formula is C36H54Br4N8O10. The first-order chi connectivity index (χ1) is 25.7. The number of hydrogen-bond donors (Lipinski definition) is 3. The van der Waals surface area contributed by atoms with Gasteiger partial charge in [-0.15, -0.1) is 0 Å². The minimum absolute atomic E-state index is 0. The Kier molecular flexibility index (Phi) is 19.3. The lowest BCUT2D eigenvalue weighted by molar-refractivity contribution is -0.134. The van der Waals surface area contributed by atoms with Crippen molar-refractivity contribution in [1.82, 2.24) is 39.9 Å². The Hall–Kier alpha value is -3.34. The maximum absolute atomic E-state index is 12.9. The van der Waals surface area contributed by atoms with Crippen molar-refractivity contribution in [2.24, 2.45) is 17.8 Å². The smallest absolute Gasteiger partial charge is 0.410 e. The molecule has 2 aliphatic rings. The zero-order valence-corrected chi connectivity index (χ0v) is 39.8. The van der Waals surface area contributed by atoms with Crippen LogP contribution in [0.2, 0.25) is 0 Å². The highest BCUT2D eigenvalue weighted by Gasteiger charge is 2.40. The molecule has 0 saturated carbocycles. The molecule has 0 bridgehead atoms. The molecule has 22 heteroatoms. The first-order valence-electron chi connectivity index (χ1n) is 17.4. The van der Waals surface area contributed by atoms with Crippen molar-refractivity contribution in [3.63, 3.8) is 0 Å². The fraction of sp³-hybridized carbons (Fsp3) is 0.611. The lowest BCUT2D eigenvalue weighted by Gasteiger charge is -2.24. The van der Waals surface area contributed by atoms with Crippen molar-refractivity contribution in [2.75, 3.05) is 33.3 Å². The second kappa shape index (κ2) is 21.3. The molecule has 2 amide bonds. The van der Waals surface area contributed by atoms with E-state index in [0.29, 0.717) is 43.8 Å². The number of rotatable bonds is 5. The lowest BCUT2D eigenvalue weighted by atomic mass is 9.93. The van der Waals surface area contributed by atoms with Crippen molar-refractivity contribution >= 4 is 99.1 Å². The molecule has 2 aliphatic heterocycles. The Morgan fingerprint density at radius 1 is 0.845 bits per heavy atom. The summed E-state index contributed by atoms with van der Waals surface area (Å²) in [6.45, 7) is 17.8. The van der Waals surface area contributed by atoms with Crippen LogP contribution in [0.4, 0.5) is 9.59 Å². The molecule has 3 aromatic rings. The molecule has 0 radical (unpaired) electrons. The maximum atomic E-state index is 12.9. The average Bonchev–Trinajstić information content (AvgIpc) is 3.78. The van der Waals surface area contributed by atoms with Crippen LogP contribution < -0.4 is 11.7 Å². The average molecular weight is 1080 g/mol. The van der Waals surface area contributed by atoms with Gasteiger partial charge in [-0.1, -0.05) is 21.3 Å². The summed E-state index contributed by atoms with van der Waals surface area (Å²) in [5, 5.41) is 7.42. The second-order valence-corrected chi connectivity index (χ2v) is 18.4. The van der Waals surface area contributed by atoms with Gasteiger partial charge in [0.15, 0.2) is 20.9 Å². The zero-order valence-electron chi connectivity index (χ0n) is 33.4. The SMILES string of the molecule is C.CC(=O)O.COC(=O)c1c(Br)nc(Br)n1CC(=O)[C@H]1CN(C(=O)OC(C)(C)C)C[C@@H]1C.C[C@@H]1CN(C(=O)OC(C)(C)C)C[C@H]1c1cn2c(Br)nc(Br)c2c(=O)[nH]1.N. The fourth-order valence-corrected chi connectivity index (χ4v) is 8.56. The van der Waals surface area contributed by atoms with Gasteiger partial charge >= 0.3 is 18.2 Å². The second-order valence-electron chi connectivity index (χ2n) is 15.5. The molecule has 58 heavy (non-hydrogen) atoms. The van der Waals surface area contributed by atoms with Gasteiger partial charge in [-0.25, -0.2) is 24.4 Å². The van der Waals surface area contributed by atoms with Crippen molar-refractivity contribution in [3.05, 3.63) is 46.6 Å². The summed E-state index contributed by atoms with van der Waals surface area (Å²) in [4.78, 5) is 85.4. The molecule has 2 saturated heterocycles. The molecule has 0 unspecified atom stereocenters. The number of carboxylic acid groups (broad SMARTS) is 1. The first kappa shape index (κ1) is 52.7. The predicted molar refractivity (Wildman–Crippen MR) is 230 cm³/mol. The van der Waals surface area contributed by atoms with E-state index in [4.69, 9.17) is 24.1 Å². The number of H-pyrrole nitrogens is 1. The van der Waals surface area contributed by atoms with Crippen LogP contribution in [0.1, 0.15) is 91.8 Å². The number of likely N-dealkylation sites (tertiary alicyclic amines) is 2. The third-order valence-electron chi connectivity index (χ3n) is 8.48. The van der Waals surface area contributed by atoms with E-state index in [-0.39, 0.29) is 73.5 Å². The van der Waals surface area contributed by atoms with E-state index in [1.165, 1.54) is 11.7 Å². The summed E-state index contributed by atoms with van der Waals surface area (Å²) < 4.78 is 20.5. The summed E-state index contributed by atoms with van der Waals surface area (Å²) in [6.07, 6.45) is 1.11. The van der Waals surface area contributed by atoms with Crippen LogP contribution in [0.15, 0.2) is 29.7 Å². The zero-order chi connectivity index (χ0) is 42.6. The van der Waals surface area contributed by atoms with E-state index < -0.39 is 29.2 Å². The highest BCUT2D eigenvalue weighted by atomic mass is 79.9. The van der Waals surface area contributed by atoms with E-state index in [9.17, 15) is 24.0 Å². The number of Topliss-reactive ketones (excluding diaryl/α,β-unsaturated/α-hetero) is 1. The van der Waals surface area contributed by atoms with E-state index in [0.717, 1.165) is 12.6 Å². The number of amides is 2. The van der Waals surface area contributed by atoms with Gasteiger partial charge in [0.25, 0.3) is 11.5 Å². The minimum atomic E-state index is -0.833.